The SMILES string of the molecule is COc1cc2c(cc1O)-c1c(C)c(OCC3CCCCO3)cc(=O)n1CC2. The van der Waals surface area contributed by atoms with Gasteiger partial charge in [-0.2, -0.15) is 0 Å². The smallest absolute Gasteiger partial charge is 0.254 e. The Kier molecular flexibility index (Phi) is 4.83. The Balaban J connectivity index is 1.72. The number of fused-ring (bicyclic) bond motifs is 3. The van der Waals surface area contributed by atoms with Gasteiger partial charge in [-0.15, -0.1) is 0 Å². The van der Waals surface area contributed by atoms with Gasteiger partial charge in [0, 0.05) is 30.3 Å². The van der Waals surface area contributed by atoms with E-state index in [0.717, 1.165) is 48.3 Å². The Morgan fingerprint density at radius 1 is 1.26 bits per heavy atom. The summed E-state index contributed by atoms with van der Waals surface area (Å²) < 4.78 is 18.7. The van der Waals surface area contributed by atoms with Crippen molar-refractivity contribution in [1.29, 1.82) is 0 Å². The van der Waals surface area contributed by atoms with Crippen LogP contribution >= 0.6 is 0 Å². The van der Waals surface area contributed by atoms with Gasteiger partial charge in [-0.3, -0.25) is 4.79 Å². The second-order valence-corrected chi connectivity index (χ2v) is 7.20. The number of aryl methyl sites for hydroxylation is 1. The summed E-state index contributed by atoms with van der Waals surface area (Å²) >= 11 is 0. The Labute approximate surface area is 158 Å². The third kappa shape index (κ3) is 3.30. The molecule has 6 nitrogen and oxygen atoms in total. The molecule has 6 heteroatoms. The average molecular weight is 371 g/mol. The predicted molar refractivity (Wildman–Crippen MR) is 102 cm³/mol. The summed E-state index contributed by atoms with van der Waals surface area (Å²) in [7, 11) is 1.53. The van der Waals surface area contributed by atoms with Crippen LogP contribution in [0.3, 0.4) is 0 Å². The van der Waals surface area contributed by atoms with Gasteiger partial charge in [-0.05, 0) is 50.3 Å². The van der Waals surface area contributed by atoms with Crippen LogP contribution in [0.5, 0.6) is 17.2 Å². The van der Waals surface area contributed by atoms with Gasteiger partial charge in [0.25, 0.3) is 5.56 Å². The molecule has 0 aliphatic carbocycles. The predicted octanol–water partition coefficient (Wildman–Crippen LogP) is 3.04. The van der Waals surface area contributed by atoms with Gasteiger partial charge in [0.15, 0.2) is 11.5 Å². The number of aromatic hydroxyl groups is 1. The van der Waals surface area contributed by atoms with Gasteiger partial charge in [-0.1, -0.05) is 0 Å². The van der Waals surface area contributed by atoms with Gasteiger partial charge in [0.1, 0.15) is 12.4 Å². The van der Waals surface area contributed by atoms with Gasteiger partial charge in [-0.25, -0.2) is 0 Å². The maximum absolute atomic E-state index is 12.7. The molecule has 1 aromatic heterocycles. The maximum Gasteiger partial charge on any atom is 0.254 e. The van der Waals surface area contributed by atoms with Crippen molar-refractivity contribution >= 4 is 0 Å². The fraction of sp³-hybridized carbons (Fsp3) is 0.476. The lowest BCUT2D eigenvalue weighted by molar-refractivity contribution is -0.0112. The summed E-state index contributed by atoms with van der Waals surface area (Å²) in [5.41, 5.74) is 3.53. The van der Waals surface area contributed by atoms with Crippen molar-refractivity contribution in [2.75, 3.05) is 20.3 Å². The molecule has 0 spiro atoms. The summed E-state index contributed by atoms with van der Waals surface area (Å²) in [6, 6.07) is 5.09. The van der Waals surface area contributed by atoms with Gasteiger partial charge in [0.05, 0.1) is 18.9 Å². The first-order chi connectivity index (χ1) is 13.1. The molecule has 1 unspecified atom stereocenters. The number of hydrogen-bond donors (Lipinski definition) is 1. The van der Waals surface area contributed by atoms with Gasteiger partial charge >= 0.3 is 0 Å². The van der Waals surface area contributed by atoms with E-state index in [1.165, 1.54) is 7.11 Å². The van der Waals surface area contributed by atoms with E-state index in [0.29, 0.717) is 31.1 Å². The van der Waals surface area contributed by atoms with E-state index in [1.807, 2.05) is 13.0 Å². The second kappa shape index (κ2) is 7.27. The highest BCUT2D eigenvalue weighted by Crippen LogP contribution is 2.40. The molecule has 2 aromatic rings. The van der Waals surface area contributed by atoms with Crippen molar-refractivity contribution < 1.29 is 19.3 Å². The molecule has 0 bridgehead atoms. The van der Waals surface area contributed by atoms with Crippen LogP contribution < -0.4 is 15.0 Å². The van der Waals surface area contributed by atoms with Crippen molar-refractivity contribution in [2.24, 2.45) is 0 Å². The number of methoxy groups -OCH3 is 1. The van der Waals surface area contributed by atoms with Crippen LogP contribution in [0.25, 0.3) is 11.3 Å². The second-order valence-electron chi connectivity index (χ2n) is 7.20. The summed E-state index contributed by atoms with van der Waals surface area (Å²) in [4.78, 5) is 12.7. The third-order valence-electron chi connectivity index (χ3n) is 5.48. The number of ether oxygens (including phenoxy) is 3. The zero-order valence-electron chi connectivity index (χ0n) is 15.8. The topological polar surface area (TPSA) is 69.9 Å². The molecule has 1 atom stereocenters. The summed E-state index contributed by atoms with van der Waals surface area (Å²) in [6.07, 6.45) is 4.03. The maximum atomic E-state index is 12.7. The Morgan fingerprint density at radius 2 is 2.11 bits per heavy atom. The molecule has 27 heavy (non-hydrogen) atoms. The van der Waals surface area contributed by atoms with E-state index < -0.39 is 0 Å². The number of hydrogen-bond acceptors (Lipinski definition) is 5. The number of benzene rings is 1. The van der Waals surface area contributed by atoms with Crippen molar-refractivity contribution in [3.05, 3.63) is 39.7 Å². The lowest BCUT2D eigenvalue weighted by Crippen LogP contribution is -2.29. The first-order valence-corrected chi connectivity index (χ1v) is 9.47. The molecule has 0 saturated carbocycles. The lowest BCUT2D eigenvalue weighted by atomic mass is 9.94. The van der Waals surface area contributed by atoms with Crippen molar-refractivity contribution in [3.8, 4) is 28.5 Å². The molecule has 1 N–H and O–H groups in total. The van der Waals surface area contributed by atoms with Crippen LogP contribution in [0.4, 0.5) is 0 Å². The van der Waals surface area contributed by atoms with E-state index in [4.69, 9.17) is 14.2 Å². The average Bonchev–Trinajstić information content (AvgIpc) is 2.69. The van der Waals surface area contributed by atoms with E-state index >= 15 is 0 Å². The number of nitrogens with zero attached hydrogens (tertiary/aromatic N) is 1. The first kappa shape index (κ1) is 17.9. The normalized spacial score (nSPS) is 18.5. The standard InChI is InChI=1S/C21H25NO5/c1-13-18(27-12-15-5-3-4-8-26-15)11-20(24)22-7-6-14-9-19(25-2)17(23)10-16(14)21(13)22/h9-11,15,23H,3-8,12H2,1-2H3. The molecule has 2 aliphatic rings. The summed E-state index contributed by atoms with van der Waals surface area (Å²) in [5.74, 6) is 1.10. The number of phenols is 1. The van der Waals surface area contributed by atoms with Crippen LogP contribution in [-0.4, -0.2) is 36.1 Å². The van der Waals surface area contributed by atoms with Gasteiger partial charge < -0.3 is 23.9 Å². The number of aromatic nitrogens is 1. The van der Waals surface area contributed by atoms with Crippen LogP contribution in [0.2, 0.25) is 0 Å². The van der Waals surface area contributed by atoms with Crippen molar-refractivity contribution in [3.63, 3.8) is 0 Å². The van der Waals surface area contributed by atoms with Crippen LogP contribution in [0.15, 0.2) is 23.0 Å². The minimum atomic E-state index is -0.0869. The minimum Gasteiger partial charge on any atom is -0.504 e. The van der Waals surface area contributed by atoms with E-state index in [9.17, 15) is 9.90 Å². The molecule has 1 fully saturated rings. The molecule has 0 radical (unpaired) electrons. The zero-order chi connectivity index (χ0) is 19.0. The monoisotopic (exact) mass is 371 g/mol. The quantitative estimate of drug-likeness (QED) is 0.895. The molecule has 4 rings (SSSR count). The number of phenolic OH excluding ortho intramolecular Hbond substituents is 1. The summed E-state index contributed by atoms with van der Waals surface area (Å²) in [5, 5.41) is 10.2. The molecular weight excluding hydrogens is 346 g/mol. The lowest BCUT2D eigenvalue weighted by Gasteiger charge is -2.27. The Hall–Kier alpha value is -2.47. The molecule has 3 heterocycles. The highest BCUT2D eigenvalue weighted by molar-refractivity contribution is 5.74. The molecule has 1 saturated heterocycles. The summed E-state index contributed by atoms with van der Waals surface area (Å²) in [6.45, 7) is 3.78. The molecule has 1 aromatic carbocycles. The van der Waals surface area contributed by atoms with Crippen molar-refractivity contribution in [1.82, 2.24) is 4.57 Å². The first-order valence-electron chi connectivity index (χ1n) is 9.47. The molecular formula is C21H25NO5. The van der Waals surface area contributed by atoms with Crippen molar-refractivity contribution in [2.45, 2.75) is 45.3 Å². The molecule has 0 amide bonds. The fourth-order valence-electron chi connectivity index (χ4n) is 4.00. The van der Waals surface area contributed by atoms with Gasteiger partial charge in [0.2, 0.25) is 0 Å². The highest BCUT2D eigenvalue weighted by atomic mass is 16.5. The van der Waals surface area contributed by atoms with Crippen LogP contribution in [0, 0.1) is 6.92 Å². The number of rotatable bonds is 4. The zero-order valence-corrected chi connectivity index (χ0v) is 15.8. The van der Waals surface area contributed by atoms with Crippen LogP contribution in [-0.2, 0) is 17.7 Å². The molecule has 144 valence electrons. The van der Waals surface area contributed by atoms with Crippen LogP contribution in [0.1, 0.15) is 30.4 Å². The van der Waals surface area contributed by atoms with E-state index in [1.54, 1.807) is 16.7 Å². The third-order valence-corrected chi connectivity index (χ3v) is 5.48. The highest BCUT2D eigenvalue weighted by Gasteiger charge is 2.24. The van der Waals surface area contributed by atoms with E-state index in [-0.39, 0.29) is 17.4 Å². The Bertz CT molecular complexity index is 912. The Morgan fingerprint density at radius 3 is 2.85 bits per heavy atom. The van der Waals surface area contributed by atoms with E-state index in [2.05, 4.69) is 0 Å². The fourth-order valence-corrected chi connectivity index (χ4v) is 4.00. The molecule has 2 aliphatic heterocycles. The number of pyridine rings is 1. The minimum absolute atomic E-state index is 0.0680. The largest absolute Gasteiger partial charge is 0.504 e.